The third-order valence-corrected chi connectivity index (χ3v) is 3.10. The summed E-state index contributed by atoms with van der Waals surface area (Å²) in [5.74, 6) is 1.36. The highest BCUT2D eigenvalue weighted by atomic mass is 16.5. The van der Waals surface area contributed by atoms with Crippen molar-refractivity contribution >= 4 is 0 Å². The Hall–Kier alpha value is -0.940. The van der Waals surface area contributed by atoms with Gasteiger partial charge in [0.1, 0.15) is 0 Å². The lowest BCUT2D eigenvalue weighted by atomic mass is 10.0. The molecule has 0 bridgehead atoms. The average molecular weight is 239 g/mol. The molecule has 1 aromatic heterocycles. The zero-order valence-corrected chi connectivity index (χ0v) is 10.6. The summed E-state index contributed by atoms with van der Waals surface area (Å²) in [6.45, 7) is 5.54. The van der Waals surface area contributed by atoms with Crippen LogP contribution in [-0.4, -0.2) is 28.9 Å². The molecule has 17 heavy (non-hydrogen) atoms. The van der Waals surface area contributed by atoms with Crippen LogP contribution in [0.25, 0.3) is 0 Å². The van der Waals surface area contributed by atoms with E-state index in [1.54, 1.807) is 0 Å². The van der Waals surface area contributed by atoms with E-state index >= 15 is 0 Å². The quantitative estimate of drug-likeness (QED) is 0.849. The molecule has 0 aliphatic carbocycles. The van der Waals surface area contributed by atoms with Gasteiger partial charge in [-0.05, 0) is 19.3 Å². The van der Waals surface area contributed by atoms with Gasteiger partial charge in [-0.3, -0.25) is 0 Å². The standard InChI is InChI=1S/C12H21N3O2/c1-3-4-11-7-10(5-6-16-11)13-8-12-14-9(2)17-15-12/h10-11,13H,3-8H2,1-2H3. The first kappa shape index (κ1) is 12.5. The SMILES string of the molecule is CCCC1CC(NCc2noc(C)n2)CCO1. The fourth-order valence-electron chi connectivity index (χ4n) is 2.24. The Kier molecular flexibility index (Phi) is 4.50. The molecular weight excluding hydrogens is 218 g/mol. The van der Waals surface area contributed by atoms with E-state index in [9.17, 15) is 0 Å². The zero-order chi connectivity index (χ0) is 12.1. The molecule has 2 atom stereocenters. The number of aromatic nitrogens is 2. The van der Waals surface area contributed by atoms with Crippen LogP contribution >= 0.6 is 0 Å². The monoisotopic (exact) mass is 239 g/mol. The second kappa shape index (κ2) is 6.12. The molecule has 1 aromatic rings. The Labute approximate surface area is 102 Å². The molecule has 0 aromatic carbocycles. The maximum absolute atomic E-state index is 5.71. The van der Waals surface area contributed by atoms with Gasteiger partial charge in [0.15, 0.2) is 5.82 Å². The summed E-state index contributed by atoms with van der Waals surface area (Å²) in [6, 6.07) is 0.513. The highest BCUT2D eigenvalue weighted by Gasteiger charge is 2.21. The van der Waals surface area contributed by atoms with Gasteiger partial charge in [0.25, 0.3) is 0 Å². The summed E-state index contributed by atoms with van der Waals surface area (Å²) in [4.78, 5) is 4.18. The lowest BCUT2D eigenvalue weighted by Crippen LogP contribution is -2.38. The lowest BCUT2D eigenvalue weighted by Gasteiger charge is -2.29. The summed E-state index contributed by atoms with van der Waals surface area (Å²) in [6.07, 6.45) is 4.90. The maximum Gasteiger partial charge on any atom is 0.223 e. The molecule has 0 amide bonds. The van der Waals surface area contributed by atoms with Crippen LogP contribution in [0.4, 0.5) is 0 Å². The third-order valence-electron chi connectivity index (χ3n) is 3.10. The lowest BCUT2D eigenvalue weighted by molar-refractivity contribution is -0.00355. The van der Waals surface area contributed by atoms with E-state index in [0.29, 0.717) is 24.6 Å². The molecule has 0 spiro atoms. The third kappa shape index (κ3) is 3.78. The van der Waals surface area contributed by atoms with Crippen molar-refractivity contribution in [2.75, 3.05) is 6.61 Å². The fraction of sp³-hybridized carbons (Fsp3) is 0.833. The minimum atomic E-state index is 0.415. The zero-order valence-electron chi connectivity index (χ0n) is 10.6. The van der Waals surface area contributed by atoms with Gasteiger partial charge in [-0.2, -0.15) is 4.98 Å². The number of rotatable bonds is 5. The van der Waals surface area contributed by atoms with Crippen LogP contribution in [-0.2, 0) is 11.3 Å². The second-order valence-electron chi connectivity index (χ2n) is 4.61. The number of nitrogens with one attached hydrogen (secondary N) is 1. The highest BCUT2D eigenvalue weighted by molar-refractivity contribution is 4.85. The summed E-state index contributed by atoms with van der Waals surface area (Å²) in [5.41, 5.74) is 0. The van der Waals surface area contributed by atoms with E-state index in [2.05, 4.69) is 22.4 Å². The van der Waals surface area contributed by atoms with Gasteiger partial charge in [-0.15, -0.1) is 0 Å². The maximum atomic E-state index is 5.71. The molecule has 1 N–H and O–H groups in total. The van der Waals surface area contributed by atoms with Crippen LogP contribution in [0.2, 0.25) is 0 Å². The number of aryl methyl sites for hydroxylation is 1. The van der Waals surface area contributed by atoms with Gasteiger partial charge in [0.2, 0.25) is 5.89 Å². The Bertz CT molecular complexity index is 338. The van der Waals surface area contributed by atoms with Gasteiger partial charge in [0, 0.05) is 19.6 Å². The summed E-state index contributed by atoms with van der Waals surface area (Å²) in [7, 11) is 0. The summed E-state index contributed by atoms with van der Waals surface area (Å²) >= 11 is 0. The first-order valence-electron chi connectivity index (χ1n) is 6.42. The van der Waals surface area contributed by atoms with Crippen molar-refractivity contribution < 1.29 is 9.26 Å². The Balaban J connectivity index is 1.75. The smallest absolute Gasteiger partial charge is 0.223 e. The minimum Gasteiger partial charge on any atom is -0.378 e. The largest absolute Gasteiger partial charge is 0.378 e. The molecule has 2 rings (SSSR count). The molecule has 1 aliphatic heterocycles. The van der Waals surface area contributed by atoms with Crippen molar-refractivity contribution in [3.05, 3.63) is 11.7 Å². The van der Waals surface area contributed by atoms with Crippen LogP contribution in [0, 0.1) is 6.92 Å². The average Bonchev–Trinajstić information content (AvgIpc) is 2.74. The topological polar surface area (TPSA) is 60.2 Å². The minimum absolute atomic E-state index is 0.415. The van der Waals surface area contributed by atoms with Crippen molar-refractivity contribution in [1.29, 1.82) is 0 Å². The molecular formula is C12H21N3O2. The van der Waals surface area contributed by atoms with Crippen LogP contribution in [0.3, 0.4) is 0 Å². The van der Waals surface area contributed by atoms with Gasteiger partial charge in [0.05, 0.1) is 12.6 Å². The van der Waals surface area contributed by atoms with Crippen molar-refractivity contribution in [2.45, 2.75) is 58.2 Å². The molecule has 5 heteroatoms. The van der Waals surface area contributed by atoms with E-state index in [-0.39, 0.29) is 0 Å². The van der Waals surface area contributed by atoms with Crippen LogP contribution in [0.15, 0.2) is 4.52 Å². The number of hydrogen-bond donors (Lipinski definition) is 1. The van der Waals surface area contributed by atoms with Gasteiger partial charge in [-0.25, -0.2) is 0 Å². The highest BCUT2D eigenvalue weighted by Crippen LogP contribution is 2.17. The Morgan fingerprint density at radius 1 is 1.47 bits per heavy atom. The van der Waals surface area contributed by atoms with Gasteiger partial charge < -0.3 is 14.6 Å². The van der Waals surface area contributed by atoms with E-state index < -0.39 is 0 Å². The summed E-state index contributed by atoms with van der Waals surface area (Å²) in [5, 5.41) is 7.35. The van der Waals surface area contributed by atoms with Gasteiger partial charge in [-0.1, -0.05) is 18.5 Å². The van der Waals surface area contributed by atoms with E-state index in [1.807, 2.05) is 6.92 Å². The summed E-state index contributed by atoms with van der Waals surface area (Å²) < 4.78 is 10.7. The van der Waals surface area contributed by atoms with E-state index in [4.69, 9.17) is 9.26 Å². The second-order valence-corrected chi connectivity index (χ2v) is 4.61. The molecule has 2 heterocycles. The normalized spacial score (nSPS) is 25.1. The molecule has 1 fully saturated rings. The van der Waals surface area contributed by atoms with Crippen LogP contribution in [0.5, 0.6) is 0 Å². The van der Waals surface area contributed by atoms with Crippen molar-refractivity contribution in [3.63, 3.8) is 0 Å². The Morgan fingerprint density at radius 2 is 2.35 bits per heavy atom. The fourth-order valence-corrected chi connectivity index (χ4v) is 2.24. The number of ether oxygens (including phenoxy) is 1. The van der Waals surface area contributed by atoms with Gasteiger partial charge >= 0.3 is 0 Å². The van der Waals surface area contributed by atoms with Crippen LogP contribution < -0.4 is 5.32 Å². The van der Waals surface area contributed by atoms with Crippen molar-refractivity contribution in [1.82, 2.24) is 15.5 Å². The molecule has 0 radical (unpaired) electrons. The molecule has 1 aliphatic rings. The first-order valence-corrected chi connectivity index (χ1v) is 6.42. The van der Waals surface area contributed by atoms with Crippen LogP contribution in [0.1, 0.15) is 44.3 Å². The predicted molar refractivity (Wildman–Crippen MR) is 63.5 cm³/mol. The first-order chi connectivity index (χ1) is 8.28. The molecule has 5 nitrogen and oxygen atoms in total. The molecule has 2 unspecified atom stereocenters. The molecule has 96 valence electrons. The van der Waals surface area contributed by atoms with E-state index in [0.717, 1.165) is 31.7 Å². The predicted octanol–water partition coefficient (Wildman–Crippen LogP) is 1.82. The van der Waals surface area contributed by atoms with Crippen molar-refractivity contribution in [2.24, 2.45) is 0 Å². The Morgan fingerprint density at radius 3 is 3.06 bits per heavy atom. The van der Waals surface area contributed by atoms with E-state index in [1.165, 1.54) is 6.42 Å². The van der Waals surface area contributed by atoms with Crippen molar-refractivity contribution in [3.8, 4) is 0 Å². The molecule has 1 saturated heterocycles. The number of hydrogen-bond acceptors (Lipinski definition) is 5. The molecule has 0 saturated carbocycles. The number of nitrogens with zero attached hydrogens (tertiary/aromatic N) is 2.